The van der Waals surface area contributed by atoms with Crippen molar-refractivity contribution in [2.24, 2.45) is 5.92 Å². The Balaban J connectivity index is 1.74. The number of piperazine rings is 1. The van der Waals surface area contributed by atoms with Crippen LogP contribution in [0, 0.1) is 12.8 Å². The smallest absolute Gasteiger partial charge is 0.222 e. The number of carbonyl (C=O) groups is 1. The molecule has 31 heavy (non-hydrogen) atoms. The number of amides is 1. The fourth-order valence-corrected chi connectivity index (χ4v) is 4.18. The number of aryl methyl sites for hydroxylation is 1. The zero-order chi connectivity index (χ0) is 22.0. The molecule has 0 bridgehead atoms. The largest absolute Gasteiger partial charge is 0.352 e. The highest BCUT2D eigenvalue weighted by Gasteiger charge is 2.26. The third-order valence-corrected chi connectivity index (χ3v) is 5.72. The standard InChI is InChI=1S/C24H32N6O/c1-5-9-21(31)28-12-14-29(15-13-28)23-22-18(4)27-30(19-10-7-6-8-11-19)24(22)26-20(25-23)16-17(2)3/h6-8,10-11,17H,5,9,12-16H2,1-4H3. The summed E-state index contributed by atoms with van der Waals surface area (Å²) in [6.07, 6.45) is 2.33. The lowest BCUT2D eigenvalue weighted by Crippen LogP contribution is -2.49. The van der Waals surface area contributed by atoms with Crippen molar-refractivity contribution >= 4 is 22.8 Å². The molecule has 0 aliphatic carbocycles. The number of anilines is 1. The van der Waals surface area contributed by atoms with E-state index in [0.717, 1.165) is 73.1 Å². The number of hydrogen-bond acceptors (Lipinski definition) is 5. The van der Waals surface area contributed by atoms with Gasteiger partial charge >= 0.3 is 0 Å². The lowest BCUT2D eigenvalue weighted by molar-refractivity contribution is -0.131. The second kappa shape index (κ2) is 9.04. The van der Waals surface area contributed by atoms with Crippen LogP contribution in [0.25, 0.3) is 16.7 Å². The minimum Gasteiger partial charge on any atom is -0.352 e. The van der Waals surface area contributed by atoms with Gasteiger partial charge in [-0.3, -0.25) is 4.79 Å². The summed E-state index contributed by atoms with van der Waals surface area (Å²) in [4.78, 5) is 26.5. The summed E-state index contributed by atoms with van der Waals surface area (Å²) in [7, 11) is 0. The van der Waals surface area contributed by atoms with E-state index in [2.05, 4.69) is 25.7 Å². The topological polar surface area (TPSA) is 67.2 Å². The quantitative estimate of drug-likeness (QED) is 0.607. The average molecular weight is 421 g/mol. The second-order valence-corrected chi connectivity index (χ2v) is 8.71. The van der Waals surface area contributed by atoms with Gasteiger partial charge in [-0.1, -0.05) is 39.0 Å². The fraction of sp³-hybridized carbons (Fsp3) is 0.500. The van der Waals surface area contributed by atoms with Gasteiger partial charge in [0.25, 0.3) is 0 Å². The van der Waals surface area contributed by atoms with Crippen molar-refractivity contribution < 1.29 is 4.79 Å². The summed E-state index contributed by atoms with van der Waals surface area (Å²) in [6, 6.07) is 10.1. The molecular weight excluding hydrogens is 388 g/mol. The summed E-state index contributed by atoms with van der Waals surface area (Å²) in [5, 5.41) is 5.83. The Hall–Kier alpha value is -2.96. The van der Waals surface area contributed by atoms with Crippen molar-refractivity contribution in [1.82, 2.24) is 24.6 Å². The Bertz CT molecular complexity index is 1050. The Morgan fingerprint density at radius 3 is 2.42 bits per heavy atom. The molecule has 3 aromatic rings. The average Bonchev–Trinajstić information content (AvgIpc) is 3.10. The van der Waals surface area contributed by atoms with Crippen LogP contribution in [0.3, 0.4) is 0 Å². The number of hydrogen-bond donors (Lipinski definition) is 0. The molecule has 0 unspecified atom stereocenters. The van der Waals surface area contributed by atoms with Crippen LogP contribution in [0.2, 0.25) is 0 Å². The van der Waals surface area contributed by atoms with Crippen LogP contribution in [-0.2, 0) is 11.2 Å². The molecule has 0 saturated carbocycles. The molecule has 0 radical (unpaired) electrons. The van der Waals surface area contributed by atoms with Crippen molar-refractivity contribution in [3.05, 3.63) is 41.9 Å². The van der Waals surface area contributed by atoms with Crippen LogP contribution in [0.5, 0.6) is 0 Å². The first-order chi connectivity index (χ1) is 15.0. The van der Waals surface area contributed by atoms with Crippen molar-refractivity contribution in [2.75, 3.05) is 31.1 Å². The molecule has 1 saturated heterocycles. The van der Waals surface area contributed by atoms with Crippen LogP contribution >= 0.6 is 0 Å². The van der Waals surface area contributed by atoms with Crippen molar-refractivity contribution in [3.63, 3.8) is 0 Å². The summed E-state index contributed by atoms with van der Waals surface area (Å²) in [5.74, 6) is 2.51. The molecule has 2 aromatic heterocycles. The Morgan fingerprint density at radius 1 is 1.06 bits per heavy atom. The maximum absolute atomic E-state index is 12.3. The van der Waals surface area contributed by atoms with Gasteiger partial charge < -0.3 is 9.80 Å². The number of nitrogens with zero attached hydrogens (tertiary/aromatic N) is 6. The maximum atomic E-state index is 12.3. The van der Waals surface area contributed by atoms with Gasteiger partial charge in [-0.05, 0) is 31.4 Å². The van der Waals surface area contributed by atoms with E-state index in [1.807, 2.05) is 46.8 Å². The number of aromatic nitrogens is 4. The van der Waals surface area contributed by atoms with E-state index in [9.17, 15) is 4.79 Å². The Morgan fingerprint density at radius 2 is 1.77 bits per heavy atom. The first-order valence-corrected chi connectivity index (χ1v) is 11.3. The summed E-state index contributed by atoms with van der Waals surface area (Å²) >= 11 is 0. The number of rotatable bonds is 6. The van der Waals surface area contributed by atoms with E-state index < -0.39 is 0 Å². The lowest BCUT2D eigenvalue weighted by Gasteiger charge is -2.36. The molecule has 1 aliphatic rings. The molecule has 0 N–H and O–H groups in total. The predicted octanol–water partition coefficient (Wildman–Crippen LogP) is 3.77. The highest BCUT2D eigenvalue weighted by Crippen LogP contribution is 2.30. The SMILES string of the molecule is CCCC(=O)N1CCN(c2nc(CC(C)C)nc3c2c(C)nn3-c2ccccc2)CC1. The molecule has 1 amide bonds. The highest BCUT2D eigenvalue weighted by atomic mass is 16.2. The summed E-state index contributed by atoms with van der Waals surface area (Å²) in [5.41, 5.74) is 2.78. The first kappa shape index (κ1) is 21.3. The first-order valence-electron chi connectivity index (χ1n) is 11.3. The summed E-state index contributed by atoms with van der Waals surface area (Å²) in [6.45, 7) is 11.5. The van der Waals surface area contributed by atoms with E-state index in [1.165, 1.54) is 0 Å². The van der Waals surface area contributed by atoms with E-state index in [-0.39, 0.29) is 5.91 Å². The molecule has 7 nitrogen and oxygen atoms in total. The third-order valence-electron chi connectivity index (χ3n) is 5.72. The Labute approximate surface area is 184 Å². The van der Waals surface area contributed by atoms with Crippen molar-refractivity contribution in [2.45, 2.75) is 47.0 Å². The van der Waals surface area contributed by atoms with Gasteiger partial charge in [-0.15, -0.1) is 0 Å². The van der Waals surface area contributed by atoms with Gasteiger partial charge in [-0.2, -0.15) is 5.10 Å². The number of carbonyl (C=O) groups excluding carboxylic acids is 1. The zero-order valence-corrected chi connectivity index (χ0v) is 19.0. The zero-order valence-electron chi connectivity index (χ0n) is 19.0. The number of benzene rings is 1. The predicted molar refractivity (Wildman–Crippen MR) is 124 cm³/mol. The van der Waals surface area contributed by atoms with Crippen LogP contribution < -0.4 is 4.90 Å². The van der Waals surface area contributed by atoms with Gasteiger partial charge in [0, 0.05) is 39.0 Å². The lowest BCUT2D eigenvalue weighted by atomic mass is 10.1. The fourth-order valence-electron chi connectivity index (χ4n) is 4.18. The van der Waals surface area contributed by atoms with Gasteiger partial charge in [0.15, 0.2) is 5.65 Å². The molecule has 1 aliphatic heterocycles. The summed E-state index contributed by atoms with van der Waals surface area (Å²) < 4.78 is 1.93. The number of fused-ring (bicyclic) bond motifs is 1. The molecule has 1 aromatic carbocycles. The second-order valence-electron chi connectivity index (χ2n) is 8.71. The molecular formula is C24H32N6O. The number of para-hydroxylation sites is 1. The normalized spacial score (nSPS) is 14.6. The van der Waals surface area contributed by atoms with Gasteiger partial charge in [0.1, 0.15) is 11.6 Å². The van der Waals surface area contributed by atoms with Gasteiger partial charge in [0.2, 0.25) is 5.91 Å². The van der Waals surface area contributed by atoms with Crippen molar-refractivity contribution in [3.8, 4) is 5.69 Å². The van der Waals surface area contributed by atoms with Gasteiger partial charge in [-0.25, -0.2) is 14.6 Å². The van der Waals surface area contributed by atoms with Crippen LogP contribution in [0.4, 0.5) is 5.82 Å². The van der Waals surface area contributed by atoms with E-state index >= 15 is 0 Å². The highest BCUT2D eigenvalue weighted by molar-refractivity contribution is 5.91. The monoisotopic (exact) mass is 420 g/mol. The molecule has 3 heterocycles. The van der Waals surface area contributed by atoms with E-state index in [1.54, 1.807) is 0 Å². The van der Waals surface area contributed by atoms with Crippen molar-refractivity contribution in [1.29, 1.82) is 0 Å². The minimum absolute atomic E-state index is 0.253. The Kier molecular flexibility index (Phi) is 6.20. The van der Waals surface area contributed by atoms with E-state index in [4.69, 9.17) is 15.1 Å². The van der Waals surface area contributed by atoms with Crippen LogP contribution in [-0.4, -0.2) is 56.7 Å². The molecule has 0 atom stereocenters. The molecule has 0 spiro atoms. The third kappa shape index (κ3) is 4.40. The van der Waals surface area contributed by atoms with Gasteiger partial charge in [0.05, 0.1) is 16.8 Å². The molecule has 4 rings (SSSR count). The van der Waals surface area contributed by atoms with Crippen LogP contribution in [0.15, 0.2) is 30.3 Å². The van der Waals surface area contributed by atoms with E-state index in [0.29, 0.717) is 12.3 Å². The molecule has 164 valence electrons. The molecule has 7 heteroatoms. The molecule has 1 fully saturated rings. The maximum Gasteiger partial charge on any atom is 0.222 e. The van der Waals surface area contributed by atoms with Crippen LogP contribution in [0.1, 0.15) is 45.1 Å². The minimum atomic E-state index is 0.253.